The largest absolute Gasteiger partial charge is 0.463 e. The number of aliphatic hydroxyl groups excluding tert-OH is 1. The number of ether oxygens (including phenoxy) is 1. The zero-order valence-corrected chi connectivity index (χ0v) is 5.76. The molecule has 1 N–H and O–H groups in total. The van der Waals surface area contributed by atoms with Crippen LogP contribution in [0, 0.1) is 0 Å². The quantitative estimate of drug-likeness (QED) is 0.483. The van der Waals surface area contributed by atoms with Crippen molar-refractivity contribution < 1.29 is 14.6 Å². The summed E-state index contributed by atoms with van der Waals surface area (Å²) in [5.74, 6) is -0.299. The van der Waals surface area contributed by atoms with Crippen molar-refractivity contribution in [1.29, 1.82) is 0 Å². The molecule has 0 amide bonds. The highest BCUT2D eigenvalue weighted by Crippen LogP contribution is 2.03. The number of carbonyl (C=O) groups excluding carboxylic acids is 1. The van der Waals surface area contributed by atoms with E-state index in [-0.39, 0.29) is 19.0 Å². The van der Waals surface area contributed by atoms with Gasteiger partial charge in [0, 0.05) is 0 Å². The van der Waals surface area contributed by atoms with E-state index in [9.17, 15) is 4.79 Å². The molecule has 3 heteroatoms. The minimum atomic E-state index is -0.549. The van der Waals surface area contributed by atoms with Crippen LogP contribution in [0.25, 0.3) is 0 Å². The van der Waals surface area contributed by atoms with Crippen LogP contribution in [0.1, 0.15) is 20.3 Å². The van der Waals surface area contributed by atoms with E-state index in [4.69, 9.17) is 5.11 Å². The summed E-state index contributed by atoms with van der Waals surface area (Å²) in [5.41, 5.74) is 0. The van der Waals surface area contributed by atoms with E-state index < -0.39 is 6.10 Å². The van der Waals surface area contributed by atoms with E-state index in [2.05, 4.69) is 4.74 Å². The van der Waals surface area contributed by atoms with Crippen LogP contribution in [-0.4, -0.2) is 23.8 Å². The van der Waals surface area contributed by atoms with Crippen LogP contribution in [0.3, 0.4) is 0 Å². The number of carbonyl (C=O) groups is 1. The second kappa shape index (κ2) is 4.32. The van der Waals surface area contributed by atoms with Gasteiger partial charge in [-0.25, -0.2) is 0 Å². The van der Waals surface area contributed by atoms with Crippen molar-refractivity contribution >= 4 is 5.97 Å². The Morgan fingerprint density at radius 1 is 1.67 bits per heavy atom. The van der Waals surface area contributed by atoms with E-state index in [1.807, 2.05) is 13.8 Å². The average molecular weight is 132 g/mol. The Morgan fingerprint density at radius 3 is 2.33 bits per heavy atom. The summed E-state index contributed by atoms with van der Waals surface area (Å²) in [6.45, 7) is 4.18. The van der Waals surface area contributed by atoms with Gasteiger partial charge < -0.3 is 9.84 Å². The van der Waals surface area contributed by atoms with Crippen molar-refractivity contribution in [2.24, 2.45) is 0 Å². The van der Waals surface area contributed by atoms with E-state index in [1.54, 1.807) is 0 Å². The maximum absolute atomic E-state index is 10.1. The number of hydrogen-bond acceptors (Lipinski definition) is 3. The lowest BCUT2D eigenvalue weighted by molar-refractivity contribution is -0.137. The van der Waals surface area contributed by atoms with Crippen LogP contribution in [0.15, 0.2) is 0 Å². The first-order valence-electron chi connectivity index (χ1n) is 3.13. The summed E-state index contributed by atoms with van der Waals surface area (Å²) < 4.78 is 4.38. The molecule has 1 atom stereocenters. The minimum absolute atomic E-state index is 0.167. The van der Waals surface area contributed by atoms with Gasteiger partial charge in [-0.05, 0) is 0 Å². The minimum Gasteiger partial charge on any atom is -0.463 e. The second-order valence-corrected chi connectivity index (χ2v) is 1.54. The Balaban J connectivity index is 0.000000291. The van der Waals surface area contributed by atoms with Gasteiger partial charge in [-0.15, -0.1) is 0 Å². The Bertz CT molecular complexity index is 90.3. The molecule has 0 unspecified atom stereocenters. The fraction of sp³-hybridized carbons (Fsp3) is 0.833. The van der Waals surface area contributed by atoms with Gasteiger partial charge in [0.05, 0.1) is 12.5 Å². The molecular formula is C6H12O3. The van der Waals surface area contributed by atoms with Crippen LogP contribution in [0.5, 0.6) is 0 Å². The SMILES string of the molecule is CC.O=C1C[C@@H](O)CO1. The molecular weight excluding hydrogens is 120 g/mol. The topological polar surface area (TPSA) is 46.5 Å². The number of hydrogen-bond donors (Lipinski definition) is 1. The highest BCUT2D eigenvalue weighted by atomic mass is 16.6. The molecule has 1 saturated heterocycles. The van der Waals surface area contributed by atoms with Crippen molar-refractivity contribution in [2.75, 3.05) is 6.61 Å². The molecule has 9 heavy (non-hydrogen) atoms. The van der Waals surface area contributed by atoms with Crippen molar-refractivity contribution in [3.63, 3.8) is 0 Å². The Morgan fingerprint density at radius 2 is 2.22 bits per heavy atom. The van der Waals surface area contributed by atoms with Crippen LogP contribution in [0.4, 0.5) is 0 Å². The molecule has 54 valence electrons. The normalized spacial score (nSPS) is 24.3. The van der Waals surface area contributed by atoms with Gasteiger partial charge in [0.15, 0.2) is 0 Å². The first-order valence-corrected chi connectivity index (χ1v) is 3.13. The fourth-order valence-corrected chi connectivity index (χ4v) is 0.499. The number of aliphatic hydroxyl groups is 1. The maximum Gasteiger partial charge on any atom is 0.308 e. The van der Waals surface area contributed by atoms with E-state index in [0.717, 1.165) is 0 Å². The molecule has 1 aliphatic rings. The average Bonchev–Trinajstić information content (AvgIpc) is 2.20. The predicted molar refractivity (Wildman–Crippen MR) is 32.9 cm³/mol. The standard InChI is InChI=1S/C4H6O3.C2H6/c5-3-1-4(6)7-2-3;1-2/h3,5H,1-2H2;1-2H3/t3-;/m1./s1. The second-order valence-electron chi connectivity index (χ2n) is 1.54. The maximum atomic E-state index is 10.1. The first kappa shape index (κ1) is 8.43. The monoisotopic (exact) mass is 132 g/mol. The van der Waals surface area contributed by atoms with Crippen LogP contribution in [-0.2, 0) is 9.53 Å². The molecule has 3 nitrogen and oxygen atoms in total. The van der Waals surface area contributed by atoms with Gasteiger partial charge in [-0.3, -0.25) is 4.79 Å². The van der Waals surface area contributed by atoms with Gasteiger partial charge in [-0.2, -0.15) is 0 Å². The third kappa shape index (κ3) is 3.08. The van der Waals surface area contributed by atoms with Crippen molar-refractivity contribution in [2.45, 2.75) is 26.4 Å². The first-order chi connectivity index (χ1) is 4.29. The van der Waals surface area contributed by atoms with Gasteiger partial charge in [0.25, 0.3) is 0 Å². The molecule has 0 aromatic carbocycles. The lowest BCUT2D eigenvalue weighted by atomic mass is 10.3. The molecule has 0 spiro atoms. The predicted octanol–water partition coefficient (Wildman–Crippen LogP) is 0.320. The summed E-state index contributed by atoms with van der Waals surface area (Å²) in [6, 6.07) is 0. The molecule has 0 bridgehead atoms. The van der Waals surface area contributed by atoms with E-state index in [1.165, 1.54) is 0 Å². The molecule has 0 aromatic heterocycles. The molecule has 0 aromatic rings. The zero-order valence-electron chi connectivity index (χ0n) is 5.76. The van der Waals surface area contributed by atoms with Crippen LogP contribution in [0.2, 0.25) is 0 Å². The van der Waals surface area contributed by atoms with Crippen LogP contribution < -0.4 is 0 Å². The Labute approximate surface area is 54.6 Å². The Hall–Kier alpha value is -0.570. The third-order valence-electron chi connectivity index (χ3n) is 0.839. The van der Waals surface area contributed by atoms with Crippen LogP contribution >= 0.6 is 0 Å². The van der Waals surface area contributed by atoms with Gasteiger partial charge in [-0.1, -0.05) is 13.8 Å². The van der Waals surface area contributed by atoms with E-state index in [0.29, 0.717) is 0 Å². The Kier molecular flexibility index (Phi) is 4.05. The summed E-state index contributed by atoms with van der Waals surface area (Å²) in [4.78, 5) is 10.1. The number of cyclic esters (lactones) is 1. The molecule has 0 saturated carbocycles. The summed E-state index contributed by atoms with van der Waals surface area (Å²) in [6.07, 6.45) is -0.382. The highest BCUT2D eigenvalue weighted by molar-refractivity contribution is 5.71. The van der Waals surface area contributed by atoms with E-state index >= 15 is 0 Å². The van der Waals surface area contributed by atoms with Crippen molar-refractivity contribution in [3.05, 3.63) is 0 Å². The lowest BCUT2D eigenvalue weighted by Crippen LogP contribution is -2.02. The summed E-state index contributed by atoms with van der Waals surface area (Å²) >= 11 is 0. The number of rotatable bonds is 0. The van der Waals surface area contributed by atoms with Gasteiger partial charge >= 0.3 is 5.97 Å². The summed E-state index contributed by atoms with van der Waals surface area (Å²) in [5, 5.41) is 8.55. The fourth-order valence-electron chi connectivity index (χ4n) is 0.499. The molecule has 0 radical (unpaired) electrons. The zero-order chi connectivity index (χ0) is 7.28. The molecule has 1 aliphatic heterocycles. The summed E-state index contributed by atoms with van der Waals surface area (Å²) in [7, 11) is 0. The third-order valence-corrected chi connectivity index (χ3v) is 0.839. The van der Waals surface area contributed by atoms with Gasteiger partial charge in [0.1, 0.15) is 6.61 Å². The number of esters is 1. The lowest BCUT2D eigenvalue weighted by Gasteiger charge is -1.87. The highest BCUT2D eigenvalue weighted by Gasteiger charge is 2.20. The van der Waals surface area contributed by atoms with Crippen molar-refractivity contribution in [1.82, 2.24) is 0 Å². The van der Waals surface area contributed by atoms with Gasteiger partial charge in [0.2, 0.25) is 0 Å². The molecule has 1 fully saturated rings. The molecule has 0 aliphatic carbocycles. The molecule has 1 heterocycles. The van der Waals surface area contributed by atoms with Crippen molar-refractivity contribution in [3.8, 4) is 0 Å². The molecule has 1 rings (SSSR count). The smallest absolute Gasteiger partial charge is 0.308 e.